The van der Waals surface area contributed by atoms with Gasteiger partial charge in [0.1, 0.15) is 12.4 Å². The zero-order valence-corrected chi connectivity index (χ0v) is 18.7. The lowest BCUT2D eigenvalue weighted by Crippen LogP contribution is -2.40. The summed E-state index contributed by atoms with van der Waals surface area (Å²) < 4.78 is 66.1. The van der Waals surface area contributed by atoms with E-state index in [2.05, 4.69) is 16.8 Å². The molecule has 8 nitrogen and oxygen atoms in total. The highest BCUT2D eigenvalue weighted by Crippen LogP contribution is 2.26. The molecule has 0 saturated carbocycles. The third-order valence-corrected chi connectivity index (χ3v) is 5.28. The van der Waals surface area contributed by atoms with Gasteiger partial charge in [-0.25, -0.2) is 4.72 Å². The number of hydrogen-bond acceptors (Lipinski definition) is 7. The molecule has 0 saturated heterocycles. The number of aromatic nitrogens is 2. The molecule has 1 N–H and O–H groups in total. The van der Waals surface area contributed by atoms with Crippen LogP contribution in [0.4, 0.5) is 19.0 Å². The van der Waals surface area contributed by atoms with E-state index in [4.69, 9.17) is 16.3 Å². The molecule has 1 aromatic carbocycles. The van der Waals surface area contributed by atoms with Gasteiger partial charge in [0.15, 0.2) is 11.5 Å². The quantitative estimate of drug-likeness (QED) is 0.533. The van der Waals surface area contributed by atoms with Gasteiger partial charge >= 0.3 is 15.5 Å². The predicted octanol–water partition coefficient (Wildman–Crippen LogP) is 3.69. The Balaban J connectivity index is 2.20. The van der Waals surface area contributed by atoms with Crippen LogP contribution >= 0.6 is 11.6 Å². The molecule has 1 amide bonds. The Morgan fingerprint density at radius 3 is 2.47 bits per heavy atom. The Morgan fingerprint density at radius 1 is 1.25 bits per heavy atom. The van der Waals surface area contributed by atoms with E-state index >= 15 is 0 Å². The largest absolute Gasteiger partial charge is 0.516 e. The van der Waals surface area contributed by atoms with Gasteiger partial charge in [0.05, 0.1) is 0 Å². The maximum absolute atomic E-state index is 12.4. The monoisotopic (exact) mass is 492 g/mol. The first-order chi connectivity index (χ1) is 14.8. The molecule has 0 bridgehead atoms. The van der Waals surface area contributed by atoms with Gasteiger partial charge in [0.2, 0.25) is 0 Å². The summed E-state index contributed by atoms with van der Waals surface area (Å²) in [5.74, 6) is -0.666. The van der Waals surface area contributed by atoms with Crippen molar-refractivity contribution in [3.8, 4) is 5.75 Å². The third kappa shape index (κ3) is 6.57. The summed E-state index contributed by atoms with van der Waals surface area (Å²) in [6, 6.07) is 7.52. The van der Waals surface area contributed by atoms with Gasteiger partial charge in [-0.1, -0.05) is 18.2 Å². The van der Waals surface area contributed by atoms with Crippen LogP contribution in [0.1, 0.15) is 29.9 Å². The molecule has 32 heavy (non-hydrogen) atoms. The highest BCUT2D eigenvalue weighted by atomic mass is 35.5. The number of carbonyl (C=O) groups is 1. The Morgan fingerprint density at radius 2 is 1.94 bits per heavy atom. The summed E-state index contributed by atoms with van der Waals surface area (Å²) in [6.45, 7) is 8.50. The van der Waals surface area contributed by atoms with Crippen LogP contribution in [0, 0.1) is 0 Å². The van der Waals surface area contributed by atoms with Gasteiger partial charge in [0, 0.05) is 23.7 Å². The molecule has 0 fully saturated rings. The van der Waals surface area contributed by atoms with Gasteiger partial charge in [-0.15, -0.1) is 10.2 Å². The summed E-state index contributed by atoms with van der Waals surface area (Å²) in [5.41, 5.74) is -4.66. The van der Waals surface area contributed by atoms with E-state index in [9.17, 15) is 26.4 Å². The van der Waals surface area contributed by atoms with Crippen molar-refractivity contribution >= 4 is 33.3 Å². The number of alkyl halides is 3. The standard InChI is InChI=1S/C19H20ClF3N4O4S/c1-4-27(10-13-9-14(20)5-7-16(13)31-11-12(2)3)17-8-6-15(24-25-17)18(28)26-32(29,30)19(21,22)23/h5-9H,2,4,10-11H2,1,3H3,(H,26,28). The smallest absolute Gasteiger partial charge is 0.489 e. The zero-order valence-electron chi connectivity index (χ0n) is 17.1. The van der Waals surface area contributed by atoms with Crippen molar-refractivity contribution in [3.63, 3.8) is 0 Å². The highest BCUT2D eigenvalue weighted by Gasteiger charge is 2.47. The number of halogens is 4. The minimum Gasteiger partial charge on any atom is -0.489 e. The zero-order chi connectivity index (χ0) is 24.1. The molecule has 13 heteroatoms. The molecule has 0 atom stereocenters. The lowest BCUT2D eigenvalue weighted by atomic mass is 10.2. The van der Waals surface area contributed by atoms with Crippen LogP contribution in [0.3, 0.4) is 0 Å². The first-order valence-corrected chi connectivity index (χ1v) is 11.0. The Bertz CT molecular complexity index is 1090. The normalized spacial score (nSPS) is 11.7. The third-order valence-electron chi connectivity index (χ3n) is 3.98. The molecule has 2 aromatic rings. The molecule has 0 aliphatic carbocycles. The van der Waals surface area contributed by atoms with E-state index in [1.165, 1.54) is 6.07 Å². The number of ether oxygens (including phenoxy) is 1. The first kappa shape index (κ1) is 25.4. The Hall–Kier alpha value is -2.86. The fourth-order valence-corrected chi connectivity index (χ4v) is 3.08. The fraction of sp³-hybridized carbons (Fsp3) is 0.316. The van der Waals surface area contributed by atoms with Gasteiger partial charge in [-0.2, -0.15) is 21.6 Å². The maximum Gasteiger partial charge on any atom is 0.516 e. The van der Waals surface area contributed by atoms with Crippen LogP contribution in [0.5, 0.6) is 5.75 Å². The molecule has 0 spiro atoms. The van der Waals surface area contributed by atoms with E-state index < -0.39 is 27.1 Å². The number of amides is 1. The van der Waals surface area contributed by atoms with Gasteiger partial charge in [0.25, 0.3) is 5.91 Å². The topological polar surface area (TPSA) is 101 Å². The van der Waals surface area contributed by atoms with E-state index in [1.54, 1.807) is 23.1 Å². The van der Waals surface area contributed by atoms with E-state index in [-0.39, 0.29) is 0 Å². The highest BCUT2D eigenvalue weighted by molar-refractivity contribution is 7.90. The minimum absolute atomic E-state index is 0.297. The first-order valence-electron chi connectivity index (χ1n) is 9.11. The second-order valence-electron chi connectivity index (χ2n) is 6.67. The van der Waals surface area contributed by atoms with E-state index in [0.717, 1.165) is 21.9 Å². The van der Waals surface area contributed by atoms with Crippen molar-refractivity contribution in [1.29, 1.82) is 0 Å². The molecule has 1 aromatic heterocycles. The van der Waals surface area contributed by atoms with Gasteiger partial charge in [-0.3, -0.25) is 4.79 Å². The van der Waals surface area contributed by atoms with Gasteiger partial charge < -0.3 is 9.64 Å². The molecule has 1 heterocycles. The van der Waals surface area contributed by atoms with Crippen molar-refractivity contribution in [2.45, 2.75) is 25.9 Å². The number of rotatable bonds is 9. The molecule has 0 radical (unpaired) electrons. The van der Waals surface area contributed by atoms with Crippen molar-refractivity contribution < 1.29 is 31.1 Å². The van der Waals surface area contributed by atoms with E-state index in [0.29, 0.717) is 36.3 Å². The summed E-state index contributed by atoms with van der Waals surface area (Å²) in [4.78, 5) is 13.6. The summed E-state index contributed by atoms with van der Waals surface area (Å²) in [6.07, 6.45) is 0. The number of nitrogens with one attached hydrogen (secondary N) is 1. The maximum atomic E-state index is 12.4. The number of hydrogen-bond donors (Lipinski definition) is 1. The summed E-state index contributed by atoms with van der Waals surface area (Å²) in [5, 5.41) is 7.88. The molecular weight excluding hydrogens is 473 g/mol. The summed E-state index contributed by atoms with van der Waals surface area (Å²) >= 11 is 6.10. The van der Waals surface area contributed by atoms with Crippen LogP contribution in [-0.2, 0) is 16.6 Å². The lowest BCUT2D eigenvalue weighted by molar-refractivity contribution is -0.0446. The van der Waals surface area contributed by atoms with Crippen molar-refractivity contribution in [3.05, 3.63) is 58.8 Å². The fourth-order valence-electron chi connectivity index (χ4n) is 2.42. The van der Waals surface area contributed by atoms with Crippen LogP contribution in [0.25, 0.3) is 0 Å². The van der Waals surface area contributed by atoms with Crippen LogP contribution in [-0.4, -0.2) is 43.2 Å². The van der Waals surface area contributed by atoms with Crippen molar-refractivity contribution in [2.75, 3.05) is 18.1 Å². The van der Waals surface area contributed by atoms with Crippen LogP contribution in [0.2, 0.25) is 5.02 Å². The Labute approximate surface area is 188 Å². The van der Waals surface area contributed by atoms with Crippen LogP contribution < -0.4 is 14.4 Å². The molecular formula is C19H20ClF3N4O4S. The SMILES string of the molecule is C=C(C)COc1ccc(Cl)cc1CN(CC)c1ccc(C(=O)NS(=O)(=O)C(F)(F)F)nn1. The second-order valence-corrected chi connectivity index (χ2v) is 8.78. The summed E-state index contributed by atoms with van der Waals surface area (Å²) in [7, 11) is -5.85. The molecule has 174 valence electrons. The molecule has 0 aliphatic rings. The molecule has 0 unspecified atom stereocenters. The van der Waals surface area contributed by atoms with Crippen molar-refractivity contribution in [1.82, 2.24) is 14.9 Å². The Kier molecular flexibility index (Phi) is 8.07. The van der Waals surface area contributed by atoms with Crippen LogP contribution in [0.15, 0.2) is 42.5 Å². The average Bonchev–Trinajstić information content (AvgIpc) is 2.70. The number of nitrogens with zero attached hydrogens (tertiary/aromatic N) is 3. The van der Waals surface area contributed by atoms with Gasteiger partial charge in [-0.05, 0) is 49.8 Å². The minimum atomic E-state index is -5.85. The number of anilines is 1. The average molecular weight is 493 g/mol. The molecule has 2 rings (SSSR count). The van der Waals surface area contributed by atoms with Crippen molar-refractivity contribution in [2.24, 2.45) is 0 Å². The lowest BCUT2D eigenvalue weighted by Gasteiger charge is -2.23. The molecule has 0 aliphatic heterocycles. The second kappa shape index (κ2) is 10.2. The number of carbonyl (C=O) groups excluding carboxylic acids is 1. The number of benzene rings is 1. The van der Waals surface area contributed by atoms with E-state index in [1.807, 2.05) is 13.8 Å². The number of sulfonamides is 1. The predicted molar refractivity (Wildman–Crippen MR) is 113 cm³/mol.